The molecule has 0 fully saturated rings. The normalized spacial score (nSPS) is 11.5. The molecule has 4 aromatic rings. The van der Waals surface area contributed by atoms with Crippen LogP contribution in [0.2, 0.25) is 10.0 Å². The summed E-state index contributed by atoms with van der Waals surface area (Å²) in [7, 11) is 0. The Hall–Kier alpha value is -1.19. The number of benzene rings is 3. The Morgan fingerprint density at radius 1 is 0.967 bits per heavy atom. The van der Waals surface area contributed by atoms with Gasteiger partial charge in [0.2, 0.25) is 0 Å². The third kappa shape index (κ3) is 4.53. The lowest BCUT2D eigenvalue weighted by Gasteiger charge is -2.14. The van der Waals surface area contributed by atoms with E-state index >= 15 is 0 Å². The van der Waals surface area contributed by atoms with E-state index in [2.05, 4.69) is 54.5 Å². The lowest BCUT2D eigenvalue weighted by Crippen LogP contribution is -2.22. The van der Waals surface area contributed by atoms with E-state index in [0.29, 0.717) is 32.5 Å². The highest BCUT2D eigenvalue weighted by Gasteiger charge is 2.14. The van der Waals surface area contributed by atoms with Crippen LogP contribution < -0.4 is 5.56 Å². The maximum atomic E-state index is 13.5. The van der Waals surface area contributed by atoms with Gasteiger partial charge in [-0.15, -0.1) is 0 Å². The van der Waals surface area contributed by atoms with E-state index in [1.807, 2.05) is 48.5 Å². The summed E-state index contributed by atoms with van der Waals surface area (Å²) in [6.07, 6.45) is 3.60. The third-order valence-electron chi connectivity index (χ3n) is 4.38. The van der Waals surface area contributed by atoms with Crippen LogP contribution in [0.4, 0.5) is 0 Å². The highest BCUT2D eigenvalue weighted by Crippen LogP contribution is 2.27. The highest BCUT2D eigenvalue weighted by atomic mass is 127. The molecule has 30 heavy (non-hydrogen) atoms. The number of rotatable bonds is 3. The standard InChI is InChI=1S/C22H11Br2Cl2IN2O/c23-13-3-6-17(24)20(9-13)29-21(8-2-12-1-4-14(25)10-18(12)26)28-19-7-5-15(27)11-16(19)22(29)30/h1-11H. The summed E-state index contributed by atoms with van der Waals surface area (Å²) in [5.41, 5.74) is 1.94. The second-order valence-corrected chi connectivity index (χ2v) is 10.2. The van der Waals surface area contributed by atoms with Crippen molar-refractivity contribution in [3.63, 3.8) is 0 Å². The Kier molecular flexibility index (Phi) is 6.70. The van der Waals surface area contributed by atoms with Crippen molar-refractivity contribution in [1.29, 1.82) is 0 Å². The molecule has 0 bridgehead atoms. The fourth-order valence-corrected chi connectivity index (χ4v) is 4.71. The summed E-state index contributed by atoms with van der Waals surface area (Å²) in [4.78, 5) is 18.2. The van der Waals surface area contributed by atoms with Gasteiger partial charge in [-0.1, -0.05) is 45.2 Å². The smallest absolute Gasteiger partial charge is 0.266 e. The molecule has 0 aliphatic heterocycles. The summed E-state index contributed by atoms with van der Waals surface area (Å²) >= 11 is 21.5. The number of hydrogen-bond acceptors (Lipinski definition) is 2. The molecule has 0 saturated heterocycles. The van der Waals surface area contributed by atoms with Gasteiger partial charge in [-0.25, -0.2) is 4.98 Å². The fourth-order valence-electron chi connectivity index (χ4n) is 2.98. The average molecular weight is 677 g/mol. The van der Waals surface area contributed by atoms with E-state index < -0.39 is 0 Å². The van der Waals surface area contributed by atoms with Gasteiger partial charge in [-0.3, -0.25) is 9.36 Å². The quantitative estimate of drug-likeness (QED) is 0.206. The fraction of sp³-hybridized carbons (Fsp3) is 0. The minimum Gasteiger partial charge on any atom is -0.268 e. The van der Waals surface area contributed by atoms with Crippen LogP contribution >= 0.6 is 77.7 Å². The van der Waals surface area contributed by atoms with Crippen molar-refractivity contribution >= 4 is 101 Å². The van der Waals surface area contributed by atoms with Gasteiger partial charge < -0.3 is 0 Å². The van der Waals surface area contributed by atoms with E-state index in [0.717, 1.165) is 18.1 Å². The molecule has 0 radical (unpaired) electrons. The molecule has 0 atom stereocenters. The number of aromatic nitrogens is 2. The number of fused-ring (bicyclic) bond motifs is 1. The molecular formula is C22H11Br2Cl2IN2O. The van der Waals surface area contributed by atoms with Crippen LogP contribution in [-0.4, -0.2) is 9.55 Å². The van der Waals surface area contributed by atoms with Gasteiger partial charge in [0, 0.05) is 22.6 Å². The van der Waals surface area contributed by atoms with Gasteiger partial charge in [0.15, 0.2) is 0 Å². The molecule has 3 nitrogen and oxygen atoms in total. The van der Waals surface area contributed by atoms with E-state index in [1.54, 1.807) is 22.8 Å². The van der Waals surface area contributed by atoms with Crippen LogP contribution in [0, 0.1) is 3.57 Å². The molecule has 0 aliphatic carbocycles. The van der Waals surface area contributed by atoms with Crippen LogP contribution in [0.25, 0.3) is 28.7 Å². The molecule has 0 N–H and O–H groups in total. The van der Waals surface area contributed by atoms with E-state index in [9.17, 15) is 4.79 Å². The Labute approximate surface area is 213 Å². The molecule has 0 spiro atoms. The number of halogens is 5. The molecular weight excluding hydrogens is 666 g/mol. The van der Waals surface area contributed by atoms with E-state index in [-0.39, 0.29) is 5.56 Å². The van der Waals surface area contributed by atoms with Crippen LogP contribution in [0.3, 0.4) is 0 Å². The van der Waals surface area contributed by atoms with Gasteiger partial charge in [-0.05, 0) is 105 Å². The lowest BCUT2D eigenvalue weighted by molar-refractivity contribution is 0.938. The third-order valence-corrected chi connectivity index (χ3v) is 6.78. The van der Waals surface area contributed by atoms with Crippen molar-refractivity contribution in [3.8, 4) is 5.69 Å². The summed E-state index contributed by atoms with van der Waals surface area (Å²) in [5.74, 6) is 0.485. The van der Waals surface area contributed by atoms with Crippen LogP contribution in [0.15, 0.2) is 68.3 Å². The predicted molar refractivity (Wildman–Crippen MR) is 141 cm³/mol. The first-order valence-electron chi connectivity index (χ1n) is 8.64. The molecule has 3 aromatic carbocycles. The first-order valence-corrected chi connectivity index (χ1v) is 12.1. The van der Waals surface area contributed by atoms with E-state index in [4.69, 9.17) is 28.2 Å². The molecule has 1 heterocycles. The molecule has 0 unspecified atom stereocenters. The Morgan fingerprint density at radius 3 is 2.53 bits per heavy atom. The van der Waals surface area contributed by atoms with Gasteiger partial charge in [0.05, 0.1) is 16.6 Å². The lowest BCUT2D eigenvalue weighted by atomic mass is 10.2. The molecule has 4 rings (SSSR count). The number of hydrogen-bond donors (Lipinski definition) is 0. The zero-order valence-corrected chi connectivity index (χ0v) is 21.9. The first-order chi connectivity index (χ1) is 14.3. The summed E-state index contributed by atoms with van der Waals surface area (Å²) in [6, 6.07) is 16.5. The van der Waals surface area contributed by atoms with Gasteiger partial charge >= 0.3 is 0 Å². The minimum absolute atomic E-state index is 0.154. The van der Waals surface area contributed by atoms with Crippen molar-refractivity contribution in [2.24, 2.45) is 0 Å². The SMILES string of the molecule is O=c1c2cc(I)ccc2nc(C=Cc2ccc(Cl)cc2Cl)n1-c1cc(Br)ccc1Br. The van der Waals surface area contributed by atoms with Gasteiger partial charge in [0.25, 0.3) is 5.56 Å². The molecule has 1 aromatic heterocycles. The van der Waals surface area contributed by atoms with E-state index in [1.165, 1.54) is 0 Å². The van der Waals surface area contributed by atoms with Gasteiger partial charge in [-0.2, -0.15) is 0 Å². The van der Waals surface area contributed by atoms with Gasteiger partial charge in [0.1, 0.15) is 5.82 Å². The van der Waals surface area contributed by atoms with Crippen molar-refractivity contribution in [1.82, 2.24) is 9.55 Å². The molecule has 150 valence electrons. The first kappa shape index (κ1) is 22.0. The Morgan fingerprint density at radius 2 is 1.77 bits per heavy atom. The molecule has 0 saturated carbocycles. The monoisotopic (exact) mass is 674 g/mol. The van der Waals surface area contributed by atoms with Crippen LogP contribution in [-0.2, 0) is 0 Å². The van der Waals surface area contributed by atoms with Crippen molar-refractivity contribution in [2.45, 2.75) is 0 Å². The Bertz CT molecular complexity index is 1390. The molecule has 8 heteroatoms. The molecule has 0 amide bonds. The van der Waals surface area contributed by atoms with Crippen molar-refractivity contribution in [3.05, 3.63) is 98.9 Å². The number of nitrogens with zero attached hydrogens (tertiary/aromatic N) is 2. The summed E-state index contributed by atoms with van der Waals surface area (Å²) < 4.78 is 4.19. The van der Waals surface area contributed by atoms with Crippen molar-refractivity contribution in [2.75, 3.05) is 0 Å². The molecule has 0 aliphatic rings. The Balaban J connectivity index is 2.00. The average Bonchev–Trinajstić information content (AvgIpc) is 2.70. The van der Waals surface area contributed by atoms with Crippen LogP contribution in [0.1, 0.15) is 11.4 Å². The maximum absolute atomic E-state index is 13.5. The predicted octanol–water partition coefficient (Wildman–Crippen LogP) is 7.99. The topological polar surface area (TPSA) is 34.9 Å². The largest absolute Gasteiger partial charge is 0.268 e. The van der Waals surface area contributed by atoms with Crippen molar-refractivity contribution < 1.29 is 0 Å². The van der Waals surface area contributed by atoms with Crippen LogP contribution in [0.5, 0.6) is 0 Å². The maximum Gasteiger partial charge on any atom is 0.266 e. The summed E-state index contributed by atoms with van der Waals surface area (Å²) in [6.45, 7) is 0. The summed E-state index contributed by atoms with van der Waals surface area (Å²) in [5, 5.41) is 1.63. The highest BCUT2D eigenvalue weighted by molar-refractivity contribution is 14.1. The zero-order chi connectivity index (χ0) is 21.4. The second-order valence-electron chi connectivity index (χ2n) is 6.37. The second kappa shape index (κ2) is 9.12. The zero-order valence-electron chi connectivity index (χ0n) is 15.0. The minimum atomic E-state index is -0.154.